The van der Waals surface area contributed by atoms with Crippen LogP contribution in [0.2, 0.25) is 0 Å². The third-order valence-electron chi connectivity index (χ3n) is 3.11. The number of rotatable bonds is 5. The molecule has 2 atom stereocenters. The summed E-state index contributed by atoms with van der Waals surface area (Å²) in [4.78, 5) is 13.3. The highest BCUT2D eigenvalue weighted by atomic mass is 32.2. The number of hydrogen-bond acceptors (Lipinski definition) is 3. The van der Waals surface area contributed by atoms with Gasteiger partial charge in [-0.2, -0.15) is 0 Å². The molecule has 2 unspecified atom stereocenters. The normalized spacial score (nSPS) is 19.3. The van der Waals surface area contributed by atoms with Gasteiger partial charge in [0.15, 0.2) is 0 Å². The average Bonchev–Trinajstić information content (AvgIpc) is 2.78. The molecule has 1 aromatic rings. The van der Waals surface area contributed by atoms with Crippen LogP contribution < -0.4 is 5.32 Å². The van der Waals surface area contributed by atoms with Crippen LogP contribution in [0.15, 0.2) is 29.2 Å². The summed E-state index contributed by atoms with van der Waals surface area (Å²) in [6.07, 6.45) is 1.27. The fourth-order valence-corrected chi connectivity index (χ4v) is 3.34. The molecule has 2 N–H and O–H groups in total. The zero-order valence-corrected chi connectivity index (χ0v) is 11.4. The fourth-order valence-electron chi connectivity index (χ4n) is 2.11. The lowest BCUT2D eigenvalue weighted by Gasteiger charge is -2.12. The summed E-state index contributed by atoms with van der Waals surface area (Å²) in [6.45, 7) is 2.42. The van der Waals surface area contributed by atoms with Crippen LogP contribution in [-0.2, 0) is 4.79 Å². The van der Waals surface area contributed by atoms with E-state index in [4.69, 9.17) is 5.11 Å². The average molecular weight is 265 g/mol. The number of amides is 1. The molecule has 0 saturated carbocycles. The van der Waals surface area contributed by atoms with Crippen molar-refractivity contribution < 1.29 is 9.90 Å². The zero-order valence-electron chi connectivity index (χ0n) is 10.6. The van der Waals surface area contributed by atoms with E-state index < -0.39 is 0 Å². The van der Waals surface area contributed by atoms with Gasteiger partial charge in [-0.25, -0.2) is 0 Å². The van der Waals surface area contributed by atoms with Crippen molar-refractivity contribution in [3.8, 4) is 0 Å². The SMILES string of the molecule is CC(O)CCCNC(=O)C1CSc2ccccc21. The maximum Gasteiger partial charge on any atom is 0.228 e. The van der Waals surface area contributed by atoms with Gasteiger partial charge in [-0.15, -0.1) is 11.8 Å². The third-order valence-corrected chi connectivity index (χ3v) is 4.30. The number of nitrogens with one attached hydrogen (secondary N) is 1. The molecular weight excluding hydrogens is 246 g/mol. The van der Waals surface area contributed by atoms with Crippen molar-refractivity contribution in [2.45, 2.75) is 36.7 Å². The number of aliphatic hydroxyl groups excluding tert-OH is 1. The second-order valence-corrected chi connectivity index (χ2v) is 5.75. The van der Waals surface area contributed by atoms with Crippen LogP contribution in [-0.4, -0.2) is 29.4 Å². The molecule has 98 valence electrons. The summed E-state index contributed by atoms with van der Waals surface area (Å²) in [7, 11) is 0. The molecule has 0 radical (unpaired) electrons. The molecular formula is C14H19NO2S. The fraction of sp³-hybridized carbons (Fsp3) is 0.500. The largest absolute Gasteiger partial charge is 0.393 e. The molecule has 1 aliphatic rings. The predicted octanol–water partition coefficient (Wildman–Crippen LogP) is 2.15. The lowest BCUT2D eigenvalue weighted by Crippen LogP contribution is -2.30. The van der Waals surface area contributed by atoms with Gasteiger partial charge in [-0.1, -0.05) is 18.2 Å². The summed E-state index contributed by atoms with van der Waals surface area (Å²) in [5.74, 6) is 0.928. The first kappa shape index (κ1) is 13.4. The van der Waals surface area contributed by atoms with Gasteiger partial charge in [0, 0.05) is 17.2 Å². The molecule has 3 nitrogen and oxygen atoms in total. The monoisotopic (exact) mass is 265 g/mol. The van der Waals surface area contributed by atoms with Gasteiger partial charge in [0.2, 0.25) is 5.91 Å². The van der Waals surface area contributed by atoms with Crippen LogP contribution in [0, 0.1) is 0 Å². The Balaban J connectivity index is 1.84. The molecule has 4 heteroatoms. The Morgan fingerprint density at radius 2 is 2.33 bits per heavy atom. The van der Waals surface area contributed by atoms with Crippen molar-refractivity contribution in [3.63, 3.8) is 0 Å². The van der Waals surface area contributed by atoms with Gasteiger partial charge in [-0.3, -0.25) is 4.79 Å². The van der Waals surface area contributed by atoms with Gasteiger partial charge in [0.1, 0.15) is 0 Å². The molecule has 1 heterocycles. The molecule has 0 bridgehead atoms. The summed E-state index contributed by atoms with van der Waals surface area (Å²) in [5, 5.41) is 12.1. The predicted molar refractivity (Wildman–Crippen MR) is 73.8 cm³/mol. The number of carbonyl (C=O) groups is 1. The third kappa shape index (κ3) is 3.27. The highest BCUT2D eigenvalue weighted by Gasteiger charge is 2.28. The van der Waals surface area contributed by atoms with Crippen molar-refractivity contribution in [1.29, 1.82) is 0 Å². The molecule has 18 heavy (non-hydrogen) atoms. The van der Waals surface area contributed by atoms with E-state index in [1.165, 1.54) is 4.90 Å². The van der Waals surface area contributed by atoms with Gasteiger partial charge in [0.25, 0.3) is 0 Å². The van der Waals surface area contributed by atoms with Crippen molar-refractivity contribution in [2.24, 2.45) is 0 Å². The van der Waals surface area contributed by atoms with E-state index in [9.17, 15) is 4.79 Å². The highest BCUT2D eigenvalue weighted by molar-refractivity contribution is 7.99. The zero-order chi connectivity index (χ0) is 13.0. The number of hydrogen-bond donors (Lipinski definition) is 2. The summed E-state index contributed by atoms with van der Waals surface area (Å²) in [6, 6.07) is 8.10. The summed E-state index contributed by atoms with van der Waals surface area (Å²) < 4.78 is 0. The van der Waals surface area contributed by atoms with Crippen molar-refractivity contribution in [1.82, 2.24) is 5.32 Å². The number of benzene rings is 1. The Morgan fingerprint density at radius 3 is 3.11 bits per heavy atom. The van der Waals surface area contributed by atoms with Crippen molar-refractivity contribution in [2.75, 3.05) is 12.3 Å². The van der Waals surface area contributed by atoms with E-state index >= 15 is 0 Å². The molecule has 1 aliphatic heterocycles. The molecule has 1 aromatic carbocycles. The van der Waals surface area contributed by atoms with Crippen LogP contribution in [0.1, 0.15) is 31.2 Å². The molecule has 2 rings (SSSR count). The lowest BCUT2D eigenvalue weighted by atomic mass is 10.0. The van der Waals surface area contributed by atoms with Gasteiger partial charge in [0.05, 0.1) is 12.0 Å². The maximum atomic E-state index is 12.1. The number of fused-ring (bicyclic) bond motifs is 1. The second-order valence-electron chi connectivity index (χ2n) is 4.68. The lowest BCUT2D eigenvalue weighted by molar-refractivity contribution is -0.122. The van der Waals surface area contributed by atoms with E-state index in [1.807, 2.05) is 18.2 Å². The van der Waals surface area contributed by atoms with Crippen LogP contribution in [0.5, 0.6) is 0 Å². The van der Waals surface area contributed by atoms with Gasteiger partial charge < -0.3 is 10.4 Å². The number of carbonyl (C=O) groups excluding carboxylic acids is 1. The first-order chi connectivity index (χ1) is 8.68. The minimum Gasteiger partial charge on any atom is -0.393 e. The Labute approximate surface area is 112 Å². The van der Waals surface area contributed by atoms with Crippen LogP contribution in [0.3, 0.4) is 0 Å². The van der Waals surface area contributed by atoms with E-state index in [0.717, 1.165) is 24.2 Å². The van der Waals surface area contributed by atoms with Gasteiger partial charge in [-0.05, 0) is 31.4 Å². The Bertz CT molecular complexity index is 420. The Hall–Kier alpha value is -1.00. The minimum atomic E-state index is -0.287. The van der Waals surface area contributed by atoms with Crippen LogP contribution >= 0.6 is 11.8 Å². The van der Waals surface area contributed by atoms with Crippen LogP contribution in [0.4, 0.5) is 0 Å². The first-order valence-electron chi connectivity index (χ1n) is 6.36. The van der Waals surface area contributed by atoms with Crippen LogP contribution in [0.25, 0.3) is 0 Å². The quantitative estimate of drug-likeness (QED) is 0.802. The Kier molecular flexibility index (Phi) is 4.66. The number of thioether (sulfide) groups is 1. The maximum absolute atomic E-state index is 12.1. The molecule has 0 saturated heterocycles. The topological polar surface area (TPSA) is 49.3 Å². The Morgan fingerprint density at radius 1 is 1.56 bits per heavy atom. The minimum absolute atomic E-state index is 0.0160. The van der Waals surface area contributed by atoms with Crippen molar-refractivity contribution >= 4 is 17.7 Å². The smallest absolute Gasteiger partial charge is 0.228 e. The van der Waals surface area contributed by atoms with Gasteiger partial charge >= 0.3 is 0 Å². The molecule has 0 aromatic heterocycles. The first-order valence-corrected chi connectivity index (χ1v) is 7.34. The summed E-state index contributed by atoms with van der Waals surface area (Å²) in [5.41, 5.74) is 1.15. The molecule has 0 aliphatic carbocycles. The van der Waals surface area contributed by atoms with E-state index in [1.54, 1.807) is 18.7 Å². The second kappa shape index (κ2) is 6.25. The molecule has 1 amide bonds. The van der Waals surface area contributed by atoms with E-state index in [2.05, 4.69) is 11.4 Å². The summed E-state index contributed by atoms with van der Waals surface area (Å²) >= 11 is 1.75. The highest BCUT2D eigenvalue weighted by Crippen LogP contribution is 2.39. The molecule has 0 fully saturated rings. The molecule has 0 spiro atoms. The van der Waals surface area contributed by atoms with E-state index in [-0.39, 0.29) is 17.9 Å². The van der Waals surface area contributed by atoms with Crippen molar-refractivity contribution in [3.05, 3.63) is 29.8 Å². The van der Waals surface area contributed by atoms with E-state index in [0.29, 0.717) is 6.54 Å². The standard InChI is InChI=1S/C14H19NO2S/c1-10(16)5-4-8-15-14(17)12-9-18-13-7-3-2-6-11(12)13/h2-3,6-7,10,12,16H,4-5,8-9H2,1H3,(H,15,17). The number of aliphatic hydroxyl groups is 1.